The third-order valence-corrected chi connectivity index (χ3v) is 3.01. The lowest BCUT2D eigenvalue weighted by atomic mass is 10.1. The van der Waals surface area contributed by atoms with Gasteiger partial charge in [0, 0.05) is 23.1 Å². The second kappa shape index (κ2) is 3.49. The first kappa shape index (κ1) is 9.32. The Morgan fingerprint density at radius 1 is 1.14 bits per heavy atom. The number of aryl methyl sites for hydroxylation is 2. The monoisotopic (exact) mass is 187 g/mol. The first-order chi connectivity index (χ1) is 6.79. The minimum Gasteiger partial charge on any atom is -0.345 e. The number of nitrogens with zero attached hydrogens (tertiary/aromatic N) is 1. The van der Waals surface area contributed by atoms with Gasteiger partial charge in [0.2, 0.25) is 0 Å². The molecule has 0 fully saturated rings. The van der Waals surface area contributed by atoms with Crippen molar-refractivity contribution < 1.29 is 0 Å². The maximum absolute atomic E-state index is 2.42. The van der Waals surface area contributed by atoms with Crippen LogP contribution >= 0.6 is 0 Å². The van der Waals surface area contributed by atoms with Gasteiger partial charge in [0.1, 0.15) is 0 Å². The van der Waals surface area contributed by atoms with Gasteiger partial charge in [-0.3, -0.25) is 0 Å². The second-order valence-electron chi connectivity index (χ2n) is 3.69. The number of rotatable bonds is 2. The highest BCUT2D eigenvalue weighted by Crippen LogP contribution is 2.25. The molecule has 0 saturated heterocycles. The standard InChI is InChI=1S/C13H17N/c1-4-12-10(3)11-8-6-7-9-13(11)14(12)5-2/h6-9H,4-5H2,1-3H3. The molecule has 2 rings (SSSR count). The van der Waals surface area contributed by atoms with E-state index < -0.39 is 0 Å². The highest BCUT2D eigenvalue weighted by Gasteiger charge is 2.09. The normalized spacial score (nSPS) is 11.1. The van der Waals surface area contributed by atoms with Crippen LogP contribution in [-0.2, 0) is 13.0 Å². The van der Waals surface area contributed by atoms with Crippen molar-refractivity contribution in [3.63, 3.8) is 0 Å². The zero-order valence-corrected chi connectivity index (χ0v) is 9.17. The molecular formula is C13H17N. The van der Waals surface area contributed by atoms with Crippen molar-refractivity contribution in [1.29, 1.82) is 0 Å². The summed E-state index contributed by atoms with van der Waals surface area (Å²) in [5, 5.41) is 1.41. The van der Waals surface area contributed by atoms with E-state index in [1.165, 1.54) is 22.2 Å². The van der Waals surface area contributed by atoms with Crippen molar-refractivity contribution in [3.05, 3.63) is 35.5 Å². The summed E-state index contributed by atoms with van der Waals surface area (Å²) < 4.78 is 2.42. The highest BCUT2D eigenvalue weighted by atomic mass is 15.0. The Morgan fingerprint density at radius 3 is 2.50 bits per heavy atom. The van der Waals surface area contributed by atoms with Crippen LogP contribution in [0.3, 0.4) is 0 Å². The molecule has 1 heterocycles. The van der Waals surface area contributed by atoms with Crippen molar-refractivity contribution in [2.75, 3.05) is 0 Å². The van der Waals surface area contributed by atoms with Gasteiger partial charge in [0.15, 0.2) is 0 Å². The van der Waals surface area contributed by atoms with Crippen LogP contribution in [0.1, 0.15) is 25.1 Å². The lowest BCUT2D eigenvalue weighted by Crippen LogP contribution is -1.99. The molecule has 0 spiro atoms. The molecule has 74 valence electrons. The van der Waals surface area contributed by atoms with Crippen molar-refractivity contribution in [1.82, 2.24) is 4.57 Å². The van der Waals surface area contributed by atoms with E-state index in [1.807, 2.05) is 0 Å². The maximum atomic E-state index is 2.42. The Balaban J connectivity index is 2.84. The molecule has 14 heavy (non-hydrogen) atoms. The summed E-state index contributed by atoms with van der Waals surface area (Å²) in [5.41, 5.74) is 4.31. The van der Waals surface area contributed by atoms with E-state index in [1.54, 1.807) is 0 Å². The quantitative estimate of drug-likeness (QED) is 0.677. The minimum absolute atomic E-state index is 1.07. The lowest BCUT2D eigenvalue weighted by Gasteiger charge is -2.05. The zero-order valence-electron chi connectivity index (χ0n) is 9.17. The first-order valence-electron chi connectivity index (χ1n) is 5.36. The lowest BCUT2D eigenvalue weighted by molar-refractivity contribution is 0.741. The van der Waals surface area contributed by atoms with E-state index in [0.29, 0.717) is 0 Å². The van der Waals surface area contributed by atoms with E-state index in [-0.39, 0.29) is 0 Å². The SMILES string of the molecule is CCc1c(C)c2ccccc2n1CC. The molecule has 0 bridgehead atoms. The van der Waals surface area contributed by atoms with Gasteiger partial charge in [0.05, 0.1) is 0 Å². The van der Waals surface area contributed by atoms with Crippen molar-refractivity contribution in [3.8, 4) is 0 Å². The zero-order chi connectivity index (χ0) is 10.1. The Morgan fingerprint density at radius 2 is 1.86 bits per heavy atom. The smallest absolute Gasteiger partial charge is 0.0485 e. The summed E-state index contributed by atoms with van der Waals surface area (Å²) in [5.74, 6) is 0. The van der Waals surface area contributed by atoms with Gasteiger partial charge in [-0.15, -0.1) is 0 Å². The first-order valence-corrected chi connectivity index (χ1v) is 5.36. The highest BCUT2D eigenvalue weighted by molar-refractivity contribution is 5.85. The van der Waals surface area contributed by atoms with E-state index >= 15 is 0 Å². The Labute approximate surface area is 85.4 Å². The van der Waals surface area contributed by atoms with Crippen LogP contribution in [0.5, 0.6) is 0 Å². The number of hydrogen-bond acceptors (Lipinski definition) is 0. The van der Waals surface area contributed by atoms with E-state index in [4.69, 9.17) is 0 Å². The molecule has 0 unspecified atom stereocenters. The van der Waals surface area contributed by atoms with Crippen LogP contribution in [0.4, 0.5) is 0 Å². The summed E-state index contributed by atoms with van der Waals surface area (Å²) in [6.45, 7) is 7.74. The van der Waals surface area contributed by atoms with Gasteiger partial charge in [0.25, 0.3) is 0 Å². The van der Waals surface area contributed by atoms with Crippen LogP contribution in [-0.4, -0.2) is 4.57 Å². The van der Waals surface area contributed by atoms with Crippen LogP contribution in [0.2, 0.25) is 0 Å². The molecule has 2 aromatic rings. The number of fused-ring (bicyclic) bond motifs is 1. The molecule has 1 aromatic heterocycles. The van der Waals surface area contributed by atoms with Crippen molar-refractivity contribution in [2.24, 2.45) is 0 Å². The van der Waals surface area contributed by atoms with E-state index in [2.05, 4.69) is 49.6 Å². The number of aromatic nitrogens is 1. The Kier molecular flexibility index (Phi) is 2.32. The van der Waals surface area contributed by atoms with E-state index in [9.17, 15) is 0 Å². The largest absolute Gasteiger partial charge is 0.345 e. The Hall–Kier alpha value is -1.24. The average molecular weight is 187 g/mol. The molecule has 0 radical (unpaired) electrons. The summed E-state index contributed by atoms with van der Waals surface area (Å²) in [7, 11) is 0. The summed E-state index contributed by atoms with van der Waals surface area (Å²) in [6, 6.07) is 8.67. The minimum atomic E-state index is 1.07. The number of benzene rings is 1. The summed E-state index contributed by atoms with van der Waals surface area (Å²) in [6.07, 6.45) is 1.12. The summed E-state index contributed by atoms with van der Waals surface area (Å²) in [4.78, 5) is 0. The van der Waals surface area contributed by atoms with Crippen molar-refractivity contribution >= 4 is 10.9 Å². The molecule has 0 aliphatic rings. The molecule has 0 aliphatic heterocycles. The van der Waals surface area contributed by atoms with Gasteiger partial charge in [-0.1, -0.05) is 25.1 Å². The number of para-hydroxylation sites is 1. The van der Waals surface area contributed by atoms with Crippen LogP contribution in [0.25, 0.3) is 10.9 Å². The molecule has 1 nitrogen and oxygen atoms in total. The van der Waals surface area contributed by atoms with Gasteiger partial charge >= 0.3 is 0 Å². The van der Waals surface area contributed by atoms with Crippen LogP contribution in [0.15, 0.2) is 24.3 Å². The number of hydrogen-bond donors (Lipinski definition) is 0. The molecule has 1 aromatic carbocycles. The van der Waals surface area contributed by atoms with Gasteiger partial charge < -0.3 is 4.57 Å². The maximum Gasteiger partial charge on any atom is 0.0485 e. The molecular weight excluding hydrogens is 170 g/mol. The average Bonchev–Trinajstić information content (AvgIpc) is 2.51. The topological polar surface area (TPSA) is 4.93 Å². The third kappa shape index (κ3) is 1.16. The fraction of sp³-hybridized carbons (Fsp3) is 0.385. The van der Waals surface area contributed by atoms with Crippen LogP contribution < -0.4 is 0 Å². The van der Waals surface area contributed by atoms with Gasteiger partial charge in [-0.25, -0.2) is 0 Å². The molecule has 0 aliphatic carbocycles. The van der Waals surface area contributed by atoms with Gasteiger partial charge in [-0.2, -0.15) is 0 Å². The summed E-state index contributed by atoms with van der Waals surface area (Å²) >= 11 is 0. The molecule has 1 heteroatoms. The predicted molar refractivity (Wildman–Crippen MR) is 61.7 cm³/mol. The molecule has 0 amide bonds. The predicted octanol–water partition coefficient (Wildman–Crippen LogP) is 3.53. The van der Waals surface area contributed by atoms with E-state index in [0.717, 1.165) is 13.0 Å². The Bertz CT molecular complexity index is 451. The third-order valence-electron chi connectivity index (χ3n) is 3.01. The van der Waals surface area contributed by atoms with Crippen LogP contribution in [0, 0.1) is 6.92 Å². The molecule has 0 atom stereocenters. The molecule has 0 saturated carbocycles. The van der Waals surface area contributed by atoms with Gasteiger partial charge in [-0.05, 0) is 31.9 Å². The fourth-order valence-electron chi connectivity index (χ4n) is 2.35. The second-order valence-corrected chi connectivity index (χ2v) is 3.69. The van der Waals surface area contributed by atoms with Crippen molar-refractivity contribution in [2.45, 2.75) is 33.7 Å². The molecule has 0 N–H and O–H groups in total. The fourth-order valence-corrected chi connectivity index (χ4v) is 2.35.